The first kappa shape index (κ1) is 17.8. The Hall–Kier alpha value is -2.64. The summed E-state index contributed by atoms with van der Waals surface area (Å²) in [6.07, 6.45) is 6.30. The van der Waals surface area contributed by atoms with Crippen LogP contribution < -0.4 is 0 Å². The van der Waals surface area contributed by atoms with Crippen molar-refractivity contribution in [1.29, 1.82) is 0 Å². The zero-order chi connectivity index (χ0) is 19.0. The van der Waals surface area contributed by atoms with Gasteiger partial charge < -0.3 is 14.8 Å². The van der Waals surface area contributed by atoms with Crippen molar-refractivity contribution in [3.05, 3.63) is 35.7 Å². The van der Waals surface area contributed by atoms with E-state index in [4.69, 9.17) is 0 Å². The molecule has 8 nitrogen and oxygen atoms in total. The number of hydrogen-bond acceptors (Lipinski definition) is 4. The van der Waals surface area contributed by atoms with Gasteiger partial charge >= 0.3 is 0 Å². The highest BCUT2D eigenvalue weighted by Gasteiger charge is 2.48. The second kappa shape index (κ2) is 6.83. The summed E-state index contributed by atoms with van der Waals surface area (Å²) in [6.45, 7) is 6.03. The zero-order valence-electron chi connectivity index (χ0n) is 15.9. The van der Waals surface area contributed by atoms with E-state index in [0.717, 1.165) is 36.3 Å². The summed E-state index contributed by atoms with van der Waals surface area (Å²) in [5, 5.41) is 4.30. The largest absolute Gasteiger partial charge is 0.348 e. The van der Waals surface area contributed by atoms with Crippen molar-refractivity contribution < 1.29 is 9.59 Å². The minimum atomic E-state index is -0.389. The maximum absolute atomic E-state index is 12.7. The number of rotatable bonds is 3. The van der Waals surface area contributed by atoms with E-state index >= 15 is 0 Å². The van der Waals surface area contributed by atoms with Crippen LogP contribution in [0.4, 0.5) is 0 Å². The Morgan fingerprint density at radius 1 is 1.22 bits per heavy atom. The van der Waals surface area contributed by atoms with E-state index in [2.05, 4.69) is 15.1 Å². The van der Waals surface area contributed by atoms with Crippen LogP contribution in [-0.4, -0.2) is 61.0 Å². The Kier molecular flexibility index (Phi) is 4.49. The number of aryl methyl sites for hydroxylation is 1. The van der Waals surface area contributed by atoms with E-state index in [-0.39, 0.29) is 23.9 Å². The highest BCUT2D eigenvalue weighted by atomic mass is 16.2. The SMILES string of the molecule is CCC(=O)N1CCc2[nH]cnc2C12CCN(C(=O)Cn1ccc(C)n1)CC2. The molecule has 0 aliphatic carbocycles. The van der Waals surface area contributed by atoms with Crippen molar-refractivity contribution in [2.24, 2.45) is 0 Å². The summed E-state index contributed by atoms with van der Waals surface area (Å²) in [5.74, 6) is 0.231. The van der Waals surface area contributed by atoms with Crippen LogP contribution >= 0.6 is 0 Å². The number of hydrogen-bond donors (Lipinski definition) is 1. The second-order valence-electron chi connectivity index (χ2n) is 7.45. The van der Waals surface area contributed by atoms with Crippen LogP contribution in [0.5, 0.6) is 0 Å². The number of amides is 2. The molecule has 0 aromatic carbocycles. The second-order valence-corrected chi connectivity index (χ2v) is 7.45. The number of H-pyrrole nitrogens is 1. The number of aromatic amines is 1. The smallest absolute Gasteiger partial charge is 0.244 e. The van der Waals surface area contributed by atoms with Gasteiger partial charge in [0.2, 0.25) is 11.8 Å². The van der Waals surface area contributed by atoms with E-state index < -0.39 is 0 Å². The number of nitrogens with one attached hydrogen (secondary N) is 1. The molecule has 4 rings (SSSR count). The quantitative estimate of drug-likeness (QED) is 0.880. The first-order valence-electron chi connectivity index (χ1n) is 9.64. The van der Waals surface area contributed by atoms with Crippen LogP contribution in [0.25, 0.3) is 0 Å². The first-order chi connectivity index (χ1) is 13.0. The van der Waals surface area contributed by atoms with Crippen molar-refractivity contribution >= 4 is 11.8 Å². The molecule has 0 radical (unpaired) electrons. The lowest BCUT2D eigenvalue weighted by atomic mass is 9.78. The molecule has 144 valence electrons. The fourth-order valence-corrected chi connectivity index (χ4v) is 4.45. The Morgan fingerprint density at radius 3 is 2.67 bits per heavy atom. The fourth-order valence-electron chi connectivity index (χ4n) is 4.45. The molecule has 0 bridgehead atoms. The average Bonchev–Trinajstić information content (AvgIpc) is 3.31. The van der Waals surface area contributed by atoms with Gasteiger partial charge in [0.15, 0.2) is 0 Å². The Labute approximate surface area is 158 Å². The predicted molar refractivity (Wildman–Crippen MR) is 98.8 cm³/mol. The topological polar surface area (TPSA) is 87.1 Å². The van der Waals surface area contributed by atoms with Gasteiger partial charge in [0.25, 0.3) is 0 Å². The van der Waals surface area contributed by atoms with Crippen LogP contribution in [-0.2, 0) is 28.1 Å². The number of imidazole rings is 1. The van der Waals surface area contributed by atoms with Crippen LogP contribution in [0.1, 0.15) is 43.3 Å². The maximum atomic E-state index is 12.7. The van der Waals surface area contributed by atoms with Gasteiger partial charge in [-0.3, -0.25) is 14.3 Å². The zero-order valence-corrected chi connectivity index (χ0v) is 15.9. The molecule has 2 aliphatic rings. The predicted octanol–water partition coefficient (Wildman–Crippen LogP) is 1.23. The van der Waals surface area contributed by atoms with Crippen molar-refractivity contribution in [1.82, 2.24) is 29.5 Å². The molecule has 1 N–H and O–H groups in total. The first-order valence-corrected chi connectivity index (χ1v) is 9.64. The number of carbonyl (C=O) groups is 2. The number of aromatic nitrogens is 4. The van der Waals surface area contributed by atoms with Gasteiger partial charge in [0.1, 0.15) is 6.54 Å². The monoisotopic (exact) mass is 370 g/mol. The highest BCUT2D eigenvalue weighted by molar-refractivity contribution is 5.78. The molecule has 1 spiro atoms. The molecule has 2 aliphatic heterocycles. The molecule has 0 unspecified atom stereocenters. The molecule has 1 saturated heterocycles. The van der Waals surface area contributed by atoms with Gasteiger partial charge in [0, 0.05) is 44.4 Å². The van der Waals surface area contributed by atoms with Crippen molar-refractivity contribution in [2.45, 2.75) is 51.6 Å². The third-order valence-corrected chi connectivity index (χ3v) is 5.88. The van der Waals surface area contributed by atoms with Gasteiger partial charge in [-0.25, -0.2) is 4.98 Å². The third-order valence-electron chi connectivity index (χ3n) is 5.88. The van der Waals surface area contributed by atoms with Gasteiger partial charge in [-0.1, -0.05) is 6.92 Å². The number of fused-ring (bicyclic) bond motifs is 2. The maximum Gasteiger partial charge on any atom is 0.244 e. The van der Waals surface area contributed by atoms with Crippen molar-refractivity contribution in [3.8, 4) is 0 Å². The molecule has 27 heavy (non-hydrogen) atoms. The lowest BCUT2D eigenvalue weighted by molar-refractivity contribution is -0.144. The summed E-state index contributed by atoms with van der Waals surface area (Å²) < 4.78 is 1.68. The van der Waals surface area contributed by atoms with Crippen LogP contribution in [0.2, 0.25) is 0 Å². The van der Waals surface area contributed by atoms with E-state index in [1.807, 2.05) is 35.9 Å². The van der Waals surface area contributed by atoms with Crippen LogP contribution in [0.3, 0.4) is 0 Å². The molecule has 8 heteroatoms. The molecule has 4 heterocycles. The van der Waals surface area contributed by atoms with Crippen molar-refractivity contribution in [3.63, 3.8) is 0 Å². The summed E-state index contributed by atoms with van der Waals surface area (Å²) >= 11 is 0. The minimum Gasteiger partial charge on any atom is -0.348 e. The lowest BCUT2D eigenvalue weighted by Crippen LogP contribution is -2.59. The van der Waals surface area contributed by atoms with Gasteiger partial charge in [-0.2, -0.15) is 5.10 Å². The summed E-state index contributed by atoms with van der Waals surface area (Å²) in [6, 6.07) is 1.90. The number of likely N-dealkylation sites (tertiary alicyclic amines) is 1. The Bertz CT molecular complexity index is 846. The number of piperidine rings is 1. The van der Waals surface area contributed by atoms with E-state index in [1.54, 1.807) is 11.0 Å². The normalized spacial score (nSPS) is 18.6. The lowest BCUT2D eigenvalue weighted by Gasteiger charge is -2.50. The standard InChI is InChI=1S/C19H26N6O2/c1-3-16(26)25-9-5-15-18(21-13-20-15)19(25)6-10-23(11-7-19)17(27)12-24-8-4-14(2)22-24/h4,8,13H,3,5-7,9-12H2,1-2H3,(H,20,21). The highest BCUT2D eigenvalue weighted by Crippen LogP contribution is 2.42. The summed E-state index contributed by atoms with van der Waals surface area (Å²) in [5.41, 5.74) is 2.63. The number of carbonyl (C=O) groups excluding carboxylic acids is 2. The molecule has 1 fully saturated rings. The van der Waals surface area contributed by atoms with Crippen molar-refractivity contribution in [2.75, 3.05) is 19.6 Å². The van der Waals surface area contributed by atoms with Crippen LogP contribution in [0.15, 0.2) is 18.6 Å². The van der Waals surface area contributed by atoms with E-state index in [9.17, 15) is 9.59 Å². The molecule has 2 aromatic heterocycles. The average molecular weight is 370 g/mol. The summed E-state index contributed by atoms with van der Waals surface area (Å²) in [7, 11) is 0. The van der Waals surface area contributed by atoms with E-state index in [1.165, 1.54) is 0 Å². The Balaban J connectivity index is 1.52. The van der Waals surface area contributed by atoms with Crippen LogP contribution in [0, 0.1) is 6.92 Å². The molecule has 2 amide bonds. The molecule has 2 aromatic rings. The molecule has 0 atom stereocenters. The minimum absolute atomic E-state index is 0.0689. The molecule has 0 saturated carbocycles. The number of nitrogens with zero attached hydrogens (tertiary/aromatic N) is 5. The molecular formula is C19H26N6O2. The molecular weight excluding hydrogens is 344 g/mol. The van der Waals surface area contributed by atoms with Gasteiger partial charge in [-0.15, -0.1) is 0 Å². The van der Waals surface area contributed by atoms with Gasteiger partial charge in [-0.05, 0) is 25.8 Å². The third kappa shape index (κ3) is 3.02. The fraction of sp³-hybridized carbons (Fsp3) is 0.579. The van der Waals surface area contributed by atoms with Gasteiger partial charge in [0.05, 0.1) is 23.3 Å². The summed E-state index contributed by atoms with van der Waals surface area (Å²) in [4.78, 5) is 37.0. The van der Waals surface area contributed by atoms with E-state index in [0.29, 0.717) is 26.1 Å². The Morgan fingerprint density at radius 2 is 2.00 bits per heavy atom.